The zero-order chi connectivity index (χ0) is 15.2. The molecule has 0 saturated carbocycles. The van der Waals surface area contributed by atoms with Crippen molar-refractivity contribution in [1.29, 1.82) is 0 Å². The third-order valence-corrected chi connectivity index (χ3v) is 4.86. The van der Waals surface area contributed by atoms with E-state index in [0.29, 0.717) is 0 Å². The van der Waals surface area contributed by atoms with Crippen molar-refractivity contribution in [3.05, 3.63) is 35.8 Å². The molecule has 0 spiro atoms. The summed E-state index contributed by atoms with van der Waals surface area (Å²) in [6.07, 6.45) is 7.37. The van der Waals surface area contributed by atoms with Crippen molar-refractivity contribution in [3.63, 3.8) is 0 Å². The summed E-state index contributed by atoms with van der Waals surface area (Å²) in [5.41, 5.74) is 2.22. The number of thiazole rings is 1. The van der Waals surface area contributed by atoms with Crippen LogP contribution in [0.2, 0.25) is 0 Å². The molecular formula is C17H23N4S+. The summed E-state index contributed by atoms with van der Waals surface area (Å²) < 4.78 is 2.10. The van der Waals surface area contributed by atoms with Crippen molar-refractivity contribution in [2.45, 2.75) is 39.2 Å². The molecule has 1 aromatic carbocycles. The second-order valence-electron chi connectivity index (χ2n) is 5.59. The van der Waals surface area contributed by atoms with Crippen LogP contribution in [-0.2, 0) is 6.54 Å². The number of hydrogen-bond acceptors (Lipinski definition) is 4. The number of rotatable bonds is 4. The van der Waals surface area contributed by atoms with Gasteiger partial charge in [0, 0.05) is 24.2 Å². The van der Waals surface area contributed by atoms with Crippen LogP contribution >= 0.6 is 11.3 Å². The Balaban J connectivity index is 1.68. The molecule has 0 aliphatic carbocycles. The van der Waals surface area contributed by atoms with Gasteiger partial charge in [0.1, 0.15) is 11.9 Å². The zero-order valence-electron chi connectivity index (χ0n) is 13.1. The van der Waals surface area contributed by atoms with E-state index < -0.39 is 0 Å². The van der Waals surface area contributed by atoms with Crippen LogP contribution in [0.4, 0.5) is 16.5 Å². The third kappa shape index (κ3) is 3.71. The van der Waals surface area contributed by atoms with E-state index in [1.165, 1.54) is 44.5 Å². The molecule has 1 fully saturated rings. The fourth-order valence-corrected chi connectivity index (χ4v) is 3.52. The van der Waals surface area contributed by atoms with E-state index >= 15 is 0 Å². The lowest BCUT2D eigenvalue weighted by atomic mass is 10.2. The van der Waals surface area contributed by atoms with Gasteiger partial charge in [-0.15, -0.1) is 0 Å². The summed E-state index contributed by atoms with van der Waals surface area (Å²) in [5.74, 6) is 0. The van der Waals surface area contributed by atoms with Gasteiger partial charge >= 0.3 is 5.13 Å². The summed E-state index contributed by atoms with van der Waals surface area (Å²) in [6.45, 7) is 5.38. The molecule has 0 radical (unpaired) electrons. The molecule has 1 aliphatic heterocycles. The van der Waals surface area contributed by atoms with Crippen LogP contribution in [0.15, 0.2) is 46.1 Å². The monoisotopic (exact) mass is 315 g/mol. The SMILES string of the molecule is CC[n+]1ccsc1/N=N/c1ccc(N2CCCCCC2)cc1. The minimum Gasteiger partial charge on any atom is -0.372 e. The minimum absolute atomic E-state index is 0.912. The lowest BCUT2D eigenvalue weighted by Crippen LogP contribution is -2.28. The van der Waals surface area contributed by atoms with E-state index in [1.807, 2.05) is 11.6 Å². The topological polar surface area (TPSA) is 31.8 Å². The molecule has 2 heterocycles. The minimum atomic E-state index is 0.912. The molecule has 0 atom stereocenters. The number of aryl methyl sites for hydroxylation is 1. The van der Waals surface area contributed by atoms with Crippen molar-refractivity contribution < 1.29 is 4.57 Å². The maximum absolute atomic E-state index is 4.36. The first-order valence-electron chi connectivity index (χ1n) is 8.10. The lowest BCUT2D eigenvalue weighted by molar-refractivity contribution is -0.676. The number of hydrogen-bond donors (Lipinski definition) is 0. The molecule has 116 valence electrons. The molecule has 2 aromatic rings. The van der Waals surface area contributed by atoms with Crippen molar-refractivity contribution in [2.75, 3.05) is 18.0 Å². The van der Waals surface area contributed by atoms with E-state index in [9.17, 15) is 0 Å². The maximum atomic E-state index is 4.36. The predicted octanol–water partition coefficient (Wildman–Crippen LogP) is 4.85. The molecule has 1 saturated heterocycles. The molecule has 5 heteroatoms. The molecule has 4 nitrogen and oxygen atoms in total. The van der Waals surface area contributed by atoms with Crippen LogP contribution in [0.3, 0.4) is 0 Å². The highest BCUT2D eigenvalue weighted by molar-refractivity contribution is 7.12. The quantitative estimate of drug-likeness (QED) is 0.586. The fraction of sp³-hybridized carbons (Fsp3) is 0.471. The number of aromatic nitrogens is 1. The standard InChI is InChI=1S/C17H23N4S/c1-2-20-13-14-22-17(20)19-18-15-7-9-16(10-8-15)21-11-5-3-4-6-12-21/h7-10,13-14H,2-6,11-12H2,1H3/q+1. The zero-order valence-corrected chi connectivity index (χ0v) is 13.9. The molecule has 0 unspecified atom stereocenters. The van der Waals surface area contributed by atoms with Crippen molar-refractivity contribution in [2.24, 2.45) is 10.2 Å². The van der Waals surface area contributed by atoms with Crippen LogP contribution in [0.25, 0.3) is 0 Å². The first kappa shape index (κ1) is 15.2. The van der Waals surface area contributed by atoms with Crippen LogP contribution < -0.4 is 9.47 Å². The third-order valence-electron chi connectivity index (χ3n) is 4.07. The van der Waals surface area contributed by atoms with Crippen molar-refractivity contribution >= 4 is 27.8 Å². The second-order valence-corrected chi connectivity index (χ2v) is 6.46. The Morgan fingerprint density at radius 3 is 2.45 bits per heavy atom. The van der Waals surface area contributed by atoms with Crippen LogP contribution in [0, 0.1) is 0 Å². The summed E-state index contributed by atoms with van der Waals surface area (Å²) in [4.78, 5) is 2.48. The van der Waals surface area contributed by atoms with Crippen LogP contribution in [0.1, 0.15) is 32.6 Å². The molecule has 1 aliphatic rings. The summed E-state index contributed by atoms with van der Waals surface area (Å²) >= 11 is 1.62. The molecule has 0 N–H and O–H groups in total. The van der Waals surface area contributed by atoms with E-state index in [-0.39, 0.29) is 0 Å². The van der Waals surface area contributed by atoms with E-state index in [2.05, 4.69) is 50.9 Å². The average molecular weight is 315 g/mol. The molecule has 1 aromatic heterocycles. The summed E-state index contributed by atoms with van der Waals surface area (Å²) in [6, 6.07) is 8.46. The molecule has 22 heavy (non-hydrogen) atoms. The van der Waals surface area contributed by atoms with Gasteiger partial charge in [0.25, 0.3) is 0 Å². The Bertz CT molecular complexity index is 610. The maximum Gasteiger partial charge on any atom is 0.408 e. The largest absolute Gasteiger partial charge is 0.408 e. The van der Waals surface area contributed by atoms with Gasteiger partial charge in [-0.05, 0) is 60.5 Å². The Morgan fingerprint density at radius 2 is 1.77 bits per heavy atom. The smallest absolute Gasteiger partial charge is 0.372 e. The predicted molar refractivity (Wildman–Crippen MR) is 91.5 cm³/mol. The average Bonchev–Trinajstić information content (AvgIpc) is 2.85. The Kier molecular flexibility index (Phi) is 5.16. The van der Waals surface area contributed by atoms with Gasteiger partial charge < -0.3 is 4.90 Å². The fourth-order valence-electron chi connectivity index (χ4n) is 2.78. The van der Waals surface area contributed by atoms with Gasteiger partial charge in [-0.2, -0.15) is 0 Å². The number of benzene rings is 1. The van der Waals surface area contributed by atoms with Gasteiger partial charge in [-0.1, -0.05) is 12.8 Å². The highest BCUT2D eigenvalue weighted by Crippen LogP contribution is 2.24. The molecule has 3 rings (SSSR count). The Labute approximate surface area is 136 Å². The van der Waals surface area contributed by atoms with Gasteiger partial charge in [0.05, 0.1) is 11.7 Å². The lowest BCUT2D eigenvalue weighted by Gasteiger charge is -2.22. The Hall–Kier alpha value is -1.75. The Morgan fingerprint density at radius 1 is 1.05 bits per heavy atom. The number of azo groups is 1. The highest BCUT2D eigenvalue weighted by atomic mass is 32.1. The molecule has 0 amide bonds. The first-order valence-corrected chi connectivity index (χ1v) is 8.98. The normalized spacial score (nSPS) is 16.1. The van der Waals surface area contributed by atoms with Gasteiger partial charge in [0.15, 0.2) is 0 Å². The molecule has 0 bridgehead atoms. The van der Waals surface area contributed by atoms with Crippen molar-refractivity contribution in [3.8, 4) is 0 Å². The summed E-state index contributed by atoms with van der Waals surface area (Å²) in [5, 5.41) is 11.7. The van der Waals surface area contributed by atoms with Crippen LogP contribution in [-0.4, -0.2) is 13.1 Å². The van der Waals surface area contributed by atoms with Crippen molar-refractivity contribution in [1.82, 2.24) is 0 Å². The number of nitrogens with zero attached hydrogens (tertiary/aromatic N) is 4. The van der Waals surface area contributed by atoms with E-state index in [0.717, 1.165) is 17.4 Å². The van der Waals surface area contributed by atoms with E-state index in [4.69, 9.17) is 0 Å². The first-order chi connectivity index (χ1) is 10.9. The van der Waals surface area contributed by atoms with Gasteiger partial charge in [-0.3, -0.25) is 0 Å². The molecular weight excluding hydrogens is 292 g/mol. The highest BCUT2D eigenvalue weighted by Gasteiger charge is 2.11. The van der Waals surface area contributed by atoms with E-state index in [1.54, 1.807) is 11.3 Å². The number of anilines is 1. The summed E-state index contributed by atoms with van der Waals surface area (Å²) in [7, 11) is 0. The van der Waals surface area contributed by atoms with Gasteiger partial charge in [0.2, 0.25) is 0 Å². The van der Waals surface area contributed by atoms with Crippen LogP contribution in [0.5, 0.6) is 0 Å². The second kappa shape index (κ2) is 7.49. The van der Waals surface area contributed by atoms with Gasteiger partial charge in [-0.25, -0.2) is 4.57 Å².